The van der Waals surface area contributed by atoms with Crippen LogP contribution in [-0.2, 0) is 14.6 Å². The van der Waals surface area contributed by atoms with Gasteiger partial charge in [0.05, 0.1) is 5.75 Å². The van der Waals surface area contributed by atoms with Crippen LogP contribution >= 0.6 is 24.0 Å². The molecule has 7 nitrogen and oxygen atoms in total. The van der Waals surface area contributed by atoms with Crippen molar-refractivity contribution in [2.45, 2.75) is 37.1 Å². The Kier molecular flexibility index (Phi) is 6.94. The summed E-state index contributed by atoms with van der Waals surface area (Å²) in [6.45, 7) is 3.00. The summed E-state index contributed by atoms with van der Waals surface area (Å²) in [5, 5.41) is 1.50. The summed E-state index contributed by atoms with van der Waals surface area (Å²) < 4.78 is 28.1. The summed E-state index contributed by atoms with van der Waals surface area (Å²) >= 11 is 6.06. The number of amides is 1. The number of aryl methyl sites for hydroxylation is 1. The van der Waals surface area contributed by atoms with Crippen molar-refractivity contribution in [3.05, 3.63) is 65.1 Å². The number of hydrogen-bond donors (Lipinski definition) is 1. The highest BCUT2D eigenvalue weighted by molar-refractivity contribution is 7.91. The fourth-order valence-corrected chi connectivity index (χ4v) is 6.41. The molecule has 0 atom stereocenters. The van der Waals surface area contributed by atoms with Crippen LogP contribution in [0.1, 0.15) is 36.4 Å². The molecule has 0 radical (unpaired) electrons. The van der Waals surface area contributed by atoms with Crippen LogP contribution in [0.15, 0.2) is 53.8 Å². The second kappa shape index (κ2) is 9.60. The average molecular weight is 521 g/mol. The van der Waals surface area contributed by atoms with Gasteiger partial charge in [-0.3, -0.25) is 4.79 Å². The van der Waals surface area contributed by atoms with Crippen molar-refractivity contribution in [1.29, 1.82) is 0 Å². The lowest BCUT2D eigenvalue weighted by molar-refractivity contribution is -0.131. The number of aromatic amines is 1. The van der Waals surface area contributed by atoms with Crippen LogP contribution in [-0.4, -0.2) is 52.4 Å². The number of imidazole rings is 1. The first-order chi connectivity index (χ1) is 15.8. The lowest BCUT2D eigenvalue weighted by atomic mass is 9.93. The molecule has 1 aromatic carbocycles. The third kappa shape index (κ3) is 4.54. The van der Waals surface area contributed by atoms with Gasteiger partial charge in [0.25, 0.3) is 0 Å². The molecule has 0 saturated carbocycles. The lowest BCUT2D eigenvalue weighted by Crippen LogP contribution is -2.38. The SMILES string of the molecule is Cc1c(S(=O)(=O)CCC(=O)N2CCC(c3cnc4ccccn34)CC2)[nH]c2ccc(Cl)cc12.Cl. The second-order valence-corrected chi connectivity index (χ2v) is 11.1. The van der Waals surface area contributed by atoms with Gasteiger partial charge in [-0.15, -0.1) is 12.4 Å². The van der Waals surface area contributed by atoms with Crippen molar-refractivity contribution < 1.29 is 13.2 Å². The Morgan fingerprint density at radius 3 is 2.74 bits per heavy atom. The van der Waals surface area contributed by atoms with E-state index in [4.69, 9.17) is 11.6 Å². The summed E-state index contributed by atoms with van der Waals surface area (Å²) in [4.78, 5) is 22.0. The molecule has 1 N–H and O–H groups in total. The second-order valence-electron chi connectivity index (χ2n) is 8.60. The standard InChI is InChI=1S/C24H25ClN4O3S.ClH/c1-16-19-14-18(25)5-6-20(19)27-24(16)33(31,32)13-9-23(30)28-11-7-17(8-12-28)21-15-26-22-4-2-3-10-29(21)22;/h2-6,10,14-15,17,27H,7-9,11-13H2,1H3;1H. The molecule has 3 aromatic heterocycles. The van der Waals surface area contributed by atoms with Gasteiger partial charge < -0.3 is 14.3 Å². The number of sulfone groups is 1. The number of nitrogens with zero attached hydrogens (tertiary/aromatic N) is 3. The van der Waals surface area contributed by atoms with E-state index in [1.807, 2.05) is 30.6 Å². The number of carbonyl (C=O) groups excluding carboxylic acids is 1. The summed E-state index contributed by atoms with van der Waals surface area (Å²) in [5.74, 6) is -0.0107. The molecule has 0 bridgehead atoms. The largest absolute Gasteiger partial charge is 0.345 e. The third-order valence-corrected chi connectivity index (χ3v) is 8.59. The minimum absolute atomic E-state index is 0. The Morgan fingerprint density at radius 2 is 1.97 bits per heavy atom. The number of H-pyrrole nitrogens is 1. The number of aromatic nitrogens is 3. The van der Waals surface area contributed by atoms with Crippen molar-refractivity contribution in [3.63, 3.8) is 0 Å². The number of benzene rings is 1. The first-order valence-corrected chi connectivity index (χ1v) is 13.1. The van der Waals surface area contributed by atoms with E-state index in [0.717, 1.165) is 35.1 Å². The number of likely N-dealkylation sites (tertiary alicyclic amines) is 1. The minimum Gasteiger partial charge on any atom is -0.345 e. The molecule has 1 aliphatic rings. The molecule has 34 heavy (non-hydrogen) atoms. The third-order valence-electron chi connectivity index (χ3n) is 6.58. The zero-order valence-corrected chi connectivity index (χ0v) is 21.1. The molecule has 0 aliphatic carbocycles. The van der Waals surface area contributed by atoms with Crippen molar-refractivity contribution in [2.75, 3.05) is 18.8 Å². The fraction of sp³-hybridized carbons (Fsp3) is 0.333. The topological polar surface area (TPSA) is 87.5 Å². The van der Waals surface area contributed by atoms with Gasteiger partial charge in [0.2, 0.25) is 5.91 Å². The highest BCUT2D eigenvalue weighted by atomic mass is 35.5. The molecular weight excluding hydrogens is 495 g/mol. The molecule has 180 valence electrons. The van der Waals surface area contributed by atoms with Crippen LogP contribution in [0.25, 0.3) is 16.6 Å². The molecule has 0 spiro atoms. The first kappa shape index (κ1) is 24.6. The molecule has 1 amide bonds. The quantitative estimate of drug-likeness (QED) is 0.410. The van der Waals surface area contributed by atoms with Crippen molar-refractivity contribution in [1.82, 2.24) is 19.3 Å². The molecule has 5 rings (SSSR count). The van der Waals surface area contributed by atoms with E-state index in [0.29, 0.717) is 29.6 Å². The number of rotatable bonds is 5. The Balaban J connectivity index is 0.00000274. The molecule has 1 fully saturated rings. The van der Waals surface area contributed by atoms with E-state index < -0.39 is 9.84 Å². The number of nitrogens with one attached hydrogen (secondary N) is 1. The predicted molar refractivity (Wildman–Crippen MR) is 136 cm³/mol. The Bertz CT molecular complexity index is 1450. The Morgan fingerprint density at radius 1 is 1.21 bits per heavy atom. The van der Waals surface area contributed by atoms with Crippen molar-refractivity contribution >= 4 is 56.3 Å². The van der Waals surface area contributed by atoms with Gasteiger partial charge in [-0.25, -0.2) is 13.4 Å². The summed E-state index contributed by atoms with van der Waals surface area (Å²) in [6, 6.07) is 11.2. The molecular formula is C24H26Cl2N4O3S. The van der Waals surface area contributed by atoms with E-state index in [-0.39, 0.29) is 35.5 Å². The van der Waals surface area contributed by atoms with Gasteiger partial charge in [0.15, 0.2) is 9.84 Å². The van der Waals surface area contributed by atoms with Crippen molar-refractivity contribution in [2.24, 2.45) is 0 Å². The Hall–Kier alpha value is -2.55. The fourth-order valence-electron chi connectivity index (χ4n) is 4.75. The van der Waals surface area contributed by atoms with Gasteiger partial charge in [-0.1, -0.05) is 17.7 Å². The van der Waals surface area contributed by atoms with Gasteiger partial charge in [-0.05, 0) is 55.7 Å². The normalized spacial score (nSPS) is 15.1. The minimum atomic E-state index is -3.63. The van der Waals surface area contributed by atoms with E-state index in [1.54, 1.807) is 30.0 Å². The Labute approximate surface area is 209 Å². The van der Waals surface area contributed by atoms with Crippen LogP contribution in [0, 0.1) is 6.92 Å². The highest BCUT2D eigenvalue weighted by Crippen LogP contribution is 2.30. The van der Waals surface area contributed by atoms with Crippen LogP contribution in [0.3, 0.4) is 0 Å². The van der Waals surface area contributed by atoms with E-state index >= 15 is 0 Å². The number of fused-ring (bicyclic) bond motifs is 2. The molecule has 10 heteroatoms. The van der Waals surface area contributed by atoms with Gasteiger partial charge in [0.1, 0.15) is 10.7 Å². The number of pyridine rings is 1. The lowest BCUT2D eigenvalue weighted by Gasteiger charge is -2.32. The molecule has 4 heterocycles. The zero-order chi connectivity index (χ0) is 23.2. The maximum atomic E-state index is 13.0. The van der Waals surface area contributed by atoms with Crippen LogP contribution in [0.2, 0.25) is 5.02 Å². The van der Waals surface area contributed by atoms with Crippen LogP contribution in [0.4, 0.5) is 0 Å². The molecule has 1 saturated heterocycles. The monoisotopic (exact) mass is 520 g/mol. The summed E-state index contributed by atoms with van der Waals surface area (Å²) in [6.07, 6.45) is 5.57. The number of piperidine rings is 1. The number of hydrogen-bond acceptors (Lipinski definition) is 4. The number of carbonyl (C=O) groups is 1. The van der Waals surface area contributed by atoms with Crippen LogP contribution < -0.4 is 0 Å². The van der Waals surface area contributed by atoms with Crippen molar-refractivity contribution in [3.8, 4) is 0 Å². The summed E-state index contributed by atoms with van der Waals surface area (Å²) in [5.41, 5.74) is 3.44. The maximum absolute atomic E-state index is 13.0. The molecule has 4 aromatic rings. The smallest absolute Gasteiger partial charge is 0.223 e. The first-order valence-electron chi connectivity index (χ1n) is 11.0. The van der Waals surface area contributed by atoms with Gasteiger partial charge in [0, 0.05) is 59.4 Å². The average Bonchev–Trinajstić information content (AvgIpc) is 3.39. The predicted octanol–water partition coefficient (Wildman–Crippen LogP) is 4.77. The van der Waals surface area contributed by atoms with Gasteiger partial charge in [-0.2, -0.15) is 0 Å². The maximum Gasteiger partial charge on any atom is 0.223 e. The van der Waals surface area contributed by atoms with Crippen LogP contribution in [0.5, 0.6) is 0 Å². The molecule has 1 aliphatic heterocycles. The zero-order valence-electron chi connectivity index (χ0n) is 18.7. The highest BCUT2D eigenvalue weighted by Gasteiger charge is 2.28. The molecule has 0 unspecified atom stereocenters. The summed E-state index contributed by atoms with van der Waals surface area (Å²) in [7, 11) is -3.63. The van der Waals surface area contributed by atoms with E-state index in [2.05, 4.69) is 14.4 Å². The van der Waals surface area contributed by atoms with E-state index in [1.165, 1.54) is 0 Å². The van der Waals surface area contributed by atoms with E-state index in [9.17, 15) is 13.2 Å². The van der Waals surface area contributed by atoms with Gasteiger partial charge >= 0.3 is 0 Å². The number of halogens is 2.